The fourth-order valence-electron chi connectivity index (χ4n) is 1.65. The Morgan fingerprint density at radius 1 is 1.33 bits per heavy atom. The molecule has 0 aliphatic heterocycles. The molecule has 2 rings (SSSR count). The number of nitrogens with two attached hydrogens (primary N) is 1. The minimum absolute atomic E-state index is 0.122. The molecule has 1 aromatic heterocycles. The van der Waals surface area contributed by atoms with E-state index < -0.39 is 10.0 Å². The number of aromatic nitrogens is 3. The van der Waals surface area contributed by atoms with Gasteiger partial charge in [-0.2, -0.15) is 9.40 Å². The van der Waals surface area contributed by atoms with E-state index in [1.165, 1.54) is 29.8 Å². The van der Waals surface area contributed by atoms with Crippen LogP contribution in [0, 0.1) is 11.8 Å². The fourth-order valence-corrected chi connectivity index (χ4v) is 2.78. The molecule has 0 amide bonds. The topological polar surface area (TPSA) is 105 Å². The van der Waals surface area contributed by atoms with Crippen molar-refractivity contribution >= 4 is 10.0 Å². The van der Waals surface area contributed by atoms with Crippen LogP contribution in [0.15, 0.2) is 35.5 Å². The highest BCUT2D eigenvalue weighted by molar-refractivity contribution is 7.89. The number of hydrogen-bond acceptors (Lipinski definition) is 5. The van der Waals surface area contributed by atoms with Gasteiger partial charge < -0.3 is 5.73 Å². The molecule has 8 heteroatoms. The third kappa shape index (κ3) is 3.66. The van der Waals surface area contributed by atoms with E-state index in [0.717, 1.165) is 5.56 Å². The number of aromatic amines is 1. The Kier molecular flexibility index (Phi) is 4.70. The largest absolute Gasteiger partial charge is 0.320 e. The number of nitrogens with zero attached hydrogens (tertiary/aromatic N) is 3. The molecule has 0 bridgehead atoms. The number of nitrogens with one attached hydrogen (secondary N) is 1. The van der Waals surface area contributed by atoms with Gasteiger partial charge in [-0.05, 0) is 24.3 Å². The van der Waals surface area contributed by atoms with Crippen molar-refractivity contribution in [1.29, 1.82) is 0 Å². The van der Waals surface area contributed by atoms with Crippen LogP contribution in [-0.2, 0) is 16.6 Å². The molecular formula is C13H15N5O2S. The Morgan fingerprint density at radius 2 is 2.05 bits per heavy atom. The lowest BCUT2D eigenvalue weighted by atomic mass is 10.2. The van der Waals surface area contributed by atoms with Gasteiger partial charge in [0.1, 0.15) is 12.2 Å². The first-order valence-electron chi connectivity index (χ1n) is 6.13. The van der Waals surface area contributed by atoms with Crippen LogP contribution in [0.4, 0.5) is 0 Å². The molecule has 0 unspecified atom stereocenters. The second-order valence-electron chi connectivity index (χ2n) is 4.22. The summed E-state index contributed by atoms with van der Waals surface area (Å²) >= 11 is 0. The lowest BCUT2D eigenvalue weighted by molar-refractivity contribution is 0.457. The van der Waals surface area contributed by atoms with Gasteiger partial charge in [-0.15, -0.1) is 0 Å². The Balaban J connectivity index is 2.18. The normalized spacial score (nSPS) is 11.2. The molecule has 3 N–H and O–H groups in total. The first-order chi connectivity index (χ1) is 10.0. The molecule has 21 heavy (non-hydrogen) atoms. The zero-order chi connectivity index (χ0) is 15.3. The second kappa shape index (κ2) is 6.49. The van der Waals surface area contributed by atoms with Crippen LogP contribution in [0.1, 0.15) is 11.4 Å². The molecule has 0 saturated carbocycles. The summed E-state index contributed by atoms with van der Waals surface area (Å²) in [7, 11) is -2.09. The molecule has 0 atom stereocenters. The van der Waals surface area contributed by atoms with E-state index in [2.05, 4.69) is 27.0 Å². The predicted octanol–water partition coefficient (Wildman–Crippen LogP) is -0.0644. The lowest BCUT2D eigenvalue weighted by Gasteiger charge is -2.15. The average molecular weight is 305 g/mol. The van der Waals surface area contributed by atoms with Crippen LogP contribution < -0.4 is 5.73 Å². The Bertz CT molecular complexity index is 742. The summed E-state index contributed by atoms with van der Waals surface area (Å²) in [5.41, 5.74) is 6.01. The van der Waals surface area contributed by atoms with Crippen LogP contribution in [0.5, 0.6) is 0 Å². The molecule has 0 aliphatic rings. The first-order valence-corrected chi connectivity index (χ1v) is 7.57. The monoisotopic (exact) mass is 305 g/mol. The minimum atomic E-state index is -3.58. The van der Waals surface area contributed by atoms with Crippen molar-refractivity contribution in [3.63, 3.8) is 0 Å². The summed E-state index contributed by atoms with van der Waals surface area (Å²) in [6.45, 7) is 0.386. The molecular weight excluding hydrogens is 290 g/mol. The van der Waals surface area contributed by atoms with Crippen LogP contribution in [-0.4, -0.2) is 41.5 Å². The molecule has 0 saturated heterocycles. The minimum Gasteiger partial charge on any atom is -0.320 e. The molecule has 110 valence electrons. The van der Waals surface area contributed by atoms with E-state index >= 15 is 0 Å². The van der Waals surface area contributed by atoms with E-state index in [1.54, 1.807) is 12.1 Å². The van der Waals surface area contributed by atoms with Crippen molar-refractivity contribution < 1.29 is 8.42 Å². The molecule has 2 aromatic rings. The zero-order valence-corrected chi connectivity index (χ0v) is 12.3. The van der Waals surface area contributed by atoms with Gasteiger partial charge in [0.15, 0.2) is 0 Å². The number of H-pyrrole nitrogens is 1. The SMILES string of the molecule is CN(Cc1ncn[nH]1)S(=O)(=O)c1ccc(C#CCN)cc1. The van der Waals surface area contributed by atoms with E-state index in [9.17, 15) is 8.42 Å². The lowest BCUT2D eigenvalue weighted by Crippen LogP contribution is -2.27. The van der Waals surface area contributed by atoms with Gasteiger partial charge in [0, 0.05) is 12.6 Å². The third-order valence-electron chi connectivity index (χ3n) is 2.73. The summed E-state index contributed by atoms with van der Waals surface area (Å²) in [5.74, 6) is 6.03. The van der Waals surface area contributed by atoms with Gasteiger partial charge in [-0.1, -0.05) is 11.8 Å². The van der Waals surface area contributed by atoms with Crippen molar-refractivity contribution in [1.82, 2.24) is 19.5 Å². The smallest absolute Gasteiger partial charge is 0.243 e. The summed E-state index contributed by atoms with van der Waals surface area (Å²) in [6.07, 6.45) is 1.33. The Morgan fingerprint density at radius 3 is 2.62 bits per heavy atom. The Hall–Kier alpha value is -2.21. The van der Waals surface area contributed by atoms with Crippen molar-refractivity contribution in [3.8, 4) is 11.8 Å². The molecule has 0 fully saturated rings. The summed E-state index contributed by atoms with van der Waals surface area (Å²) in [5, 5.41) is 6.31. The summed E-state index contributed by atoms with van der Waals surface area (Å²) < 4.78 is 26.0. The number of benzene rings is 1. The van der Waals surface area contributed by atoms with E-state index in [4.69, 9.17) is 5.73 Å². The maximum absolute atomic E-state index is 12.4. The van der Waals surface area contributed by atoms with Crippen LogP contribution in [0.25, 0.3) is 0 Å². The molecule has 0 aliphatic carbocycles. The molecule has 1 heterocycles. The maximum atomic E-state index is 12.4. The number of hydrogen-bond donors (Lipinski definition) is 2. The standard InChI is InChI=1S/C13H15N5O2S/c1-18(9-13-15-10-16-17-13)21(19,20)12-6-4-11(5-7-12)3-2-8-14/h4-7,10H,8-9,14H2,1H3,(H,15,16,17). The van der Waals surface area contributed by atoms with Gasteiger partial charge in [0.05, 0.1) is 18.0 Å². The van der Waals surface area contributed by atoms with E-state index in [-0.39, 0.29) is 18.0 Å². The van der Waals surface area contributed by atoms with Crippen molar-refractivity contribution in [2.24, 2.45) is 5.73 Å². The summed E-state index contributed by atoms with van der Waals surface area (Å²) in [6, 6.07) is 6.34. The highest BCUT2D eigenvalue weighted by Gasteiger charge is 2.21. The first kappa shape index (κ1) is 15.2. The van der Waals surface area contributed by atoms with Crippen molar-refractivity contribution in [2.45, 2.75) is 11.4 Å². The van der Waals surface area contributed by atoms with Crippen LogP contribution in [0.3, 0.4) is 0 Å². The quantitative estimate of drug-likeness (QED) is 0.770. The van der Waals surface area contributed by atoms with E-state index in [1.807, 2.05) is 0 Å². The predicted molar refractivity (Wildman–Crippen MR) is 77.4 cm³/mol. The molecule has 0 spiro atoms. The van der Waals surface area contributed by atoms with Crippen LogP contribution >= 0.6 is 0 Å². The van der Waals surface area contributed by atoms with Crippen molar-refractivity contribution in [3.05, 3.63) is 42.0 Å². The zero-order valence-electron chi connectivity index (χ0n) is 11.4. The van der Waals surface area contributed by atoms with Crippen molar-refractivity contribution in [2.75, 3.05) is 13.6 Å². The molecule has 0 radical (unpaired) electrons. The third-order valence-corrected chi connectivity index (χ3v) is 4.55. The molecule has 7 nitrogen and oxygen atoms in total. The van der Waals surface area contributed by atoms with Gasteiger partial charge >= 0.3 is 0 Å². The Labute approximate surface area is 123 Å². The van der Waals surface area contributed by atoms with Crippen LogP contribution in [0.2, 0.25) is 0 Å². The van der Waals surface area contributed by atoms with Gasteiger partial charge in [-0.25, -0.2) is 13.4 Å². The summed E-state index contributed by atoms with van der Waals surface area (Å²) in [4.78, 5) is 4.11. The second-order valence-corrected chi connectivity index (χ2v) is 6.27. The van der Waals surface area contributed by atoms with Gasteiger partial charge in [-0.3, -0.25) is 5.10 Å². The van der Waals surface area contributed by atoms with E-state index in [0.29, 0.717) is 5.82 Å². The van der Waals surface area contributed by atoms with Gasteiger partial charge in [0.25, 0.3) is 0 Å². The highest BCUT2D eigenvalue weighted by atomic mass is 32.2. The average Bonchev–Trinajstić information content (AvgIpc) is 2.98. The number of sulfonamides is 1. The maximum Gasteiger partial charge on any atom is 0.243 e. The highest BCUT2D eigenvalue weighted by Crippen LogP contribution is 2.16. The number of rotatable bonds is 4. The molecule has 1 aromatic carbocycles. The van der Waals surface area contributed by atoms with Gasteiger partial charge in [0.2, 0.25) is 10.0 Å². The fraction of sp³-hybridized carbons (Fsp3) is 0.231.